The number of hydrogen-bond donors (Lipinski definition) is 1. The molecule has 1 aromatic rings. The molecule has 0 saturated carbocycles. The van der Waals surface area contributed by atoms with Crippen LogP contribution in [0.2, 0.25) is 0 Å². The first-order chi connectivity index (χ1) is 4.80. The Labute approximate surface area is 60.1 Å². The largest absolute Gasteiger partial charge is 0.508 e. The lowest BCUT2D eigenvalue weighted by atomic mass is 10.2. The Morgan fingerprint density at radius 1 is 1.20 bits per heavy atom. The lowest BCUT2D eigenvalue weighted by Gasteiger charge is -1.92. The molecule has 0 amide bonds. The van der Waals surface area contributed by atoms with Crippen molar-refractivity contribution >= 4 is 0 Å². The van der Waals surface area contributed by atoms with E-state index in [1.54, 1.807) is 6.07 Å². The number of alkyl halides is 1. The van der Waals surface area contributed by atoms with Crippen molar-refractivity contribution in [2.75, 3.05) is 7.18 Å². The van der Waals surface area contributed by atoms with Gasteiger partial charge in [0.25, 0.3) is 0 Å². The van der Waals surface area contributed by atoms with E-state index in [0.717, 1.165) is 5.56 Å². The van der Waals surface area contributed by atoms with Crippen LogP contribution < -0.4 is 0 Å². The number of phenols is 1. The Morgan fingerprint density at radius 3 is 2.00 bits per heavy atom. The third-order valence-corrected chi connectivity index (χ3v) is 1.12. The van der Waals surface area contributed by atoms with Gasteiger partial charge in [-0.2, -0.15) is 0 Å². The topological polar surface area (TPSA) is 20.2 Å². The molecule has 56 valence electrons. The van der Waals surface area contributed by atoms with Gasteiger partial charge in [0.05, 0.1) is 7.18 Å². The van der Waals surface area contributed by atoms with Crippen LogP contribution in [0.1, 0.15) is 5.56 Å². The zero-order chi connectivity index (χ0) is 7.98. The molecule has 0 radical (unpaired) electrons. The Balaban J connectivity index is 0.000000371. The van der Waals surface area contributed by atoms with Gasteiger partial charge in [-0.1, -0.05) is 18.2 Å². The molecule has 1 aromatic carbocycles. The van der Waals surface area contributed by atoms with E-state index in [2.05, 4.69) is 0 Å². The highest BCUT2D eigenvalue weighted by Crippen LogP contribution is 2.12. The van der Waals surface area contributed by atoms with E-state index in [1.807, 2.05) is 25.1 Å². The van der Waals surface area contributed by atoms with Crippen LogP contribution in [0.5, 0.6) is 5.75 Å². The van der Waals surface area contributed by atoms with Gasteiger partial charge < -0.3 is 5.11 Å². The first-order valence-electron chi connectivity index (χ1n) is 2.93. The summed E-state index contributed by atoms with van der Waals surface area (Å²) in [6.45, 7) is 1.87. The molecule has 0 spiro atoms. The van der Waals surface area contributed by atoms with Gasteiger partial charge in [-0.05, 0) is 18.6 Å². The number of para-hydroxylation sites is 1. The fraction of sp³-hybridized carbons (Fsp3) is 0.250. The smallest absolute Gasteiger partial charge is 0.118 e. The minimum Gasteiger partial charge on any atom is -0.508 e. The van der Waals surface area contributed by atoms with E-state index in [4.69, 9.17) is 5.11 Å². The van der Waals surface area contributed by atoms with Crippen LogP contribution in [0.4, 0.5) is 4.39 Å². The van der Waals surface area contributed by atoms with Crippen LogP contribution in [0.25, 0.3) is 0 Å². The third-order valence-electron chi connectivity index (χ3n) is 1.12. The normalized spacial score (nSPS) is 7.90. The minimum absolute atomic E-state index is 0.368. The molecule has 0 heterocycles. The van der Waals surface area contributed by atoms with Crippen molar-refractivity contribution in [2.24, 2.45) is 0 Å². The Bertz CT molecular complexity index is 165. The zero-order valence-corrected chi connectivity index (χ0v) is 6.13. The zero-order valence-electron chi connectivity index (χ0n) is 6.13. The second-order valence-electron chi connectivity index (χ2n) is 1.79. The predicted molar refractivity (Wildman–Crippen MR) is 39.9 cm³/mol. The Morgan fingerprint density at radius 2 is 1.70 bits per heavy atom. The van der Waals surface area contributed by atoms with E-state index in [9.17, 15) is 4.39 Å². The van der Waals surface area contributed by atoms with Crippen LogP contribution >= 0.6 is 0 Å². The van der Waals surface area contributed by atoms with E-state index >= 15 is 0 Å². The number of aromatic hydroxyl groups is 1. The molecule has 1 nitrogen and oxygen atoms in total. The average Bonchev–Trinajstić information content (AvgIpc) is 2.00. The highest BCUT2D eigenvalue weighted by Gasteiger charge is 1.86. The summed E-state index contributed by atoms with van der Waals surface area (Å²) in [4.78, 5) is 0. The minimum atomic E-state index is 0.368. The average molecular weight is 142 g/mol. The summed E-state index contributed by atoms with van der Waals surface area (Å²) >= 11 is 0. The molecule has 0 bridgehead atoms. The molecule has 0 fully saturated rings. The molecule has 0 aliphatic heterocycles. The van der Waals surface area contributed by atoms with Gasteiger partial charge >= 0.3 is 0 Å². The fourth-order valence-electron chi connectivity index (χ4n) is 0.563. The van der Waals surface area contributed by atoms with Crippen molar-refractivity contribution in [3.8, 4) is 5.75 Å². The monoisotopic (exact) mass is 142 g/mol. The van der Waals surface area contributed by atoms with Crippen molar-refractivity contribution in [3.05, 3.63) is 29.8 Å². The van der Waals surface area contributed by atoms with Gasteiger partial charge in [0.15, 0.2) is 0 Å². The molecule has 1 rings (SSSR count). The summed E-state index contributed by atoms with van der Waals surface area (Å²) in [5.41, 5.74) is 0.924. The lowest BCUT2D eigenvalue weighted by molar-refractivity contribution is 0.471. The van der Waals surface area contributed by atoms with E-state index in [0.29, 0.717) is 12.9 Å². The molecule has 0 saturated heterocycles. The number of benzene rings is 1. The second-order valence-corrected chi connectivity index (χ2v) is 1.79. The van der Waals surface area contributed by atoms with Crippen LogP contribution in [-0.2, 0) is 0 Å². The number of halogens is 1. The lowest BCUT2D eigenvalue weighted by Crippen LogP contribution is -1.68. The fourth-order valence-corrected chi connectivity index (χ4v) is 0.563. The van der Waals surface area contributed by atoms with Gasteiger partial charge in [-0.3, -0.25) is 4.39 Å². The summed E-state index contributed by atoms with van der Waals surface area (Å²) in [5, 5.41) is 8.92. The van der Waals surface area contributed by atoms with Crippen molar-refractivity contribution in [3.63, 3.8) is 0 Å². The van der Waals surface area contributed by atoms with Crippen LogP contribution in [0.15, 0.2) is 24.3 Å². The maximum Gasteiger partial charge on any atom is 0.118 e. The number of aryl methyl sites for hydroxylation is 1. The summed E-state index contributed by atoms with van der Waals surface area (Å²) < 4.78 is 9.50. The summed E-state index contributed by atoms with van der Waals surface area (Å²) in [5.74, 6) is 0.368. The third kappa shape index (κ3) is 2.49. The van der Waals surface area contributed by atoms with Crippen molar-refractivity contribution in [1.29, 1.82) is 0 Å². The highest BCUT2D eigenvalue weighted by atomic mass is 19.1. The van der Waals surface area contributed by atoms with Crippen LogP contribution in [0, 0.1) is 6.92 Å². The van der Waals surface area contributed by atoms with Gasteiger partial charge in [-0.15, -0.1) is 0 Å². The first-order valence-corrected chi connectivity index (χ1v) is 2.93. The van der Waals surface area contributed by atoms with Crippen LogP contribution in [-0.4, -0.2) is 12.3 Å². The van der Waals surface area contributed by atoms with Gasteiger partial charge in [0, 0.05) is 0 Å². The summed E-state index contributed by atoms with van der Waals surface area (Å²) in [7, 11) is 0.500. The van der Waals surface area contributed by atoms with E-state index in [1.165, 1.54) is 0 Å². The SMILES string of the molecule is CF.Cc1ccccc1O. The second kappa shape index (κ2) is 4.79. The molecular weight excluding hydrogens is 131 g/mol. The summed E-state index contributed by atoms with van der Waals surface area (Å²) in [6, 6.07) is 7.25. The maximum atomic E-state index is 9.50. The number of rotatable bonds is 0. The van der Waals surface area contributed by atoms with Gasteiger partial charge in [-0.25, -0.2) is 0 Å². The standard InChI is InChI=1S/C7H8O.CH3F/c1-6-4-2-3-5-7(6)8;1-2/h2-5,8H,1H3;1H3. The molecule has 2 heteroatoms. The Kier molecular flexibility index (Phi) is 4.29. The number of phenolic OH excluding ortho intramolecular Hbond substituents is 1. The molecule has 0 atom stereocenters. The van der Waals surface area contributed by atoms with Gasteiger partial charge in [0.1, 0.15) is 5.75 Å². The quantitative estimate of drug-likeness (QED) is 0.589. The van der Waals surface area contributed by atoms with Crippen LogP contribution in [0.3, 0.4) is 0 Å². The molecule has 0 aromatic heterocycles. The van der Waals surface area contributed by atoms with Crippen molar-refractivity contribution < 1.29 is 9.50 Å². The molecule has 0 unspecified atom stereocenters. The van der Waals surface area contributed by atoms with Gasteiger partial charge in [0.2, 0.25) is 0 Å². The molecular formula is C8H11FO. The van der Waals surface area contributed by atoms with E-state index < -0.39 is 0 Å². The highest BCUT2D eigenvalue weighted by molar-refractivity contribution is 5.29. The molecule has 0 aliphatic carbocycles. The predicted octanol–water partition coefficient (Wildman–Crippen LogP) is 2.29. The first kappa shape index (κ1) is 8.95. The van der Waals surface area contributed by atoms with E-state index in [-0.39, 0.29) is 0 Å². The number of hydrogen-bond acceptors (Lipinski definition) is 1. The summed E-state index contributed by atoms with van der Waals surface area (Å²) in [6.07, 6.45) is 0. The molecule has 1 N–H and O–H groups in total. The van der Waals surface area contributed by atoms with Crippen molar-refractivity contribution in [1.82, 2.24) is 0 Å². The van der Waals surface area contributed by atoms with Crippen molar-refractivity contribution in [2.45, 2.75) is 6.92 Å². The maximum absolute atomic E-state index is 9.50. The molecule has 0 aliphatic rings. The Hall–Kier alpha value is -1.05. The molecule has 10 heavy (non-hydrogen) atoms.